The summed E-state index contributed by atoms with van der Waals surface area (Å²) < 4.78 is 39.2. The van der Waals surface area contributed by atoms with Gasteiger partial charge < -0.3 is 4.74 Å². The van der Waals surface area contributed by atoms with E-state index in [9.17, 15) is 13.2 Å². The van der Waals surface area contributed by atoms with E-state index in [1.165, 1.54) is 0 Å². The summed E-state index contributed by atoms with van der Waals surface area (Å²) in [7, 11) is 0. The maximum atomic E-state index is 11.6. The number of hydrogen-bond donors (Lipinski definition) is 0. The first-order valence-corrected chi connectivity index (χ1v) is 4.69. The molecule has 0 aliphatic heterocycles. The molecule has 0 bridgehead atoms. The average molecular weight is 219 g/mol. The minimum atomic E-state index is -4.21. The lowest BCUT2D eigenvalue weighted by Crippen LogP contribution is -2.18. The SMILES string of the molecule is CC(CCCl)CCOCC(F)(F)F. The van der Waals surface area contributed by atoms with Crippen LogP contribution in [-0.4, -0.2) is 25.3 Å². The molecular weight excluding hydrogens is 205 g/mol. The minimum Gasteiger partial charge on any atom is -0.372 e. The second-order valence-electron chi connectivity index (χ2n) is 3.04. The molecule has 0 heterocycles. The van der Waals surface area contributed by atoms with Crippen molar-refractivity contribution in [1.29, 1.82) is 0 Å². The molecule has 1 unspecified atom stereocenters. The maximum absolute atomic E-state index is 11.6. The Morgan fingerprint density at radius 1 is 1.31 bits per heavy atom. The fourth-order valence-electron chi connectivity index (χ4n) is 0.803. The van der Waals surface area contributed by atoms with Crippen LogP contribution in [0.3, 0.4) is 0 Å². The van der Waals surface area contributed by atoms with Gasteiger partial charge >= 0.3 is 6.18 Å². The smallest absolute Gasteiger partial charge is 0.372 e. The second-order valence-corrected chi connectivity index (χ2v) is 3.42. The van der Waals surface area contributed by atoms with Gasteiger partial charge in [-0.15, -0.1) is 11.6 Å². The molecule has 0 aliphatic rings. The summed E-state index contributed by atoms with van der Waals surface area (Å²) in [6.07, 6.45) is -2.77. The van der Waals surface area contributed by atoms with Gasteiger partial charge in [0.25, 0.3) is 0 Å². The number of alkyl halides is 4. The third-order valence-corrected chi connectivity index (χ3v) is 1.84. The lowest BCUT2D eigenvalue weighted by atomic mass is 10.1. The number of hydrogen-bond acceptors (Lipinski definition) is 1. The van der Waals surface area contributed by atoms with Gasteiger partial charge in [0.1, 0.15) is 6.61 Å². The Kier molecular flexibility index (Phi) is 6.51. The van der Waals surface area contributed by atoms with Crippen molar-refractivity contribution in [2.24, 2.45) is 5.92 Å². The van der Waals surface area contributed by atoms with Gasteiger partial charge in [-0.25, -0.2) is 0 Å². The quantitative estimate of drug-likeness (QED) is 0.491. The molecule has 0 amide bonds. The van der Waals surface area contributed by atoms with Gasteiger partial charge in [-0.2, -0.15) is 13.2 Å². The molecule has 0 saturated heterocycles. The summed E-state index contributed by atoms with van der Waals surface area (Å²) in [4.78, 5) is 0. The zero-order valence-corrected chi connectivity index (χ0v) is 8.29. The van der Waals surface area contributed by atoms with Gasteiger partial charge in [-0.3, -0.25) is 0 Å². The summed E-state index contributed by atoms with van der Waals surface area (Å²) in [5.74, 6) is 0.867. The van der Waals surface area contributed by atoms with Crippen molar-refractivity contribution >= 4 is 11.6 Å². The Morgan fingerprint density at radius 3 is 2.38 bits per heavy atom. The molecule has 0 aromatic heterocycles. The van der Waals surface area contributed by atoms with E-state index in [1.807, 2.05) is 6.92 Å². The van der Waals surface area contributed by atoms with Gasteiger partial charge in [0.15, 0.2) is 0 Å². The van der Waals surface area contributed by atoms with E-state index in [-0.39, 0.29) is 6.61 Å². The lowest BCUT2D eigenvalue weighted by Gasteiger charge is -2.10. The first-order valence-electron chi connectivity index (χ1n) is 4.16. The van der Waals surface area contributed by atoms with Gasteiger partial charge in [-0.1, -0.05) is 6.92 Å². The van der Waals surface area contributed by atoms with Crippen LogP contribution in [0.1, 0.15) is 19.8 Å². The number of ether oxygens (including phenoxy) is 1. The van der Waals surface area contributed by atoms with Crippen LogP contribution in [0.4, 0.5) is 13.2 Å². The van der Waals surface area contributed by atoms with E-state index in [4.69, 9.17) is 11.6 Å². The van der Waals surface area contributed by atoms with Gasteiger partial charge in [0, 0.05) is 12.5 Å². The molecule has 1 atom stereocenters. The maximum Gasteiger partial charge on any atom is 0.411 e. The van der Waals surface area contributed by atoms with Gasteiger partial charge in [0.2, 0.25) is 0 Å². The molecule has 5 heteroatoms. The van der Waals surface area contributed by atoms with Crippen LogP contribution in [-0.2, 0) is 4.74 Å². The molecule has 0 radical (unpaired) electrons. The second kappa shape index (κ2) is 6.49. The molecule has 0 aliphatic carbocycles. The van der Waals surface area contributed by atoms with Crippen molar-refractivity contribution in [3.05, 3.63) is 0 Å². The van der Waals surface area contributed by atoms with E-state index in [2.05, 4.69) is 4.74 Å². The highest BCUT2D eigenvalue weighted by Crippen LogP contribution is 2.15. The molecule has 80 valence electrons. The summed E-state index contributed by atoms with van der Waals surface area (Å²) in [5, 5.41) is 0. The van der Waals surface area contributed by atoms with E-state index < -0.39 is 12.8 Å². The highest BCUT2D eigenvalue weighted by atomic mass is 35.5. The standard InChI is InChI=1S/C8H14ClF3O/c1-7(2-4-9)3-5-13-6-8(10,11)12/h7H,2-6H2,1H3. The topological polar surface area (TPSA) is 9.23 Å². The minimum absolute atomic E-state index is 0.150. The zero-order valence-electron chi connectivity index (χ0n) is 7.53. The van der Waals surface area contributed by atoms with E-state index >= 15 is 0 Å². The fraction of sp³-hybridized carbons (Fsp3) is 1.00. The third-order valence-electron chi connectivity index (χ3n) is 1.62. The zero-order chi connectivity index (χ0) is 10.3. The first-order chi connectivity index (χ1) is 5.95. The Hall–Kier alpha value is 0.0400. The Morgan fingerprint density at radius 2 is 1.92 bits per heavy atom. The molecule has 0 spiro atoms. The Balaban J connectivity index is 3.25. The van der Waals surface area contributed by atoms with Crippen LogP contribution < -0.4 is 0 Å². The normalized spacial score (nSPS) is 14.5. The van der Waals surface area contributed by atoms with Crippen molar-refractivity contribution in [1.82, 2.24) is 0 Å². The molecule has 0 rings (SSSR count). The van der Waals surface area contributed by atoms with Crippen molar-refractivity contribution in [3.8, 4) is 0 Å². The van der Waals surface area contributed by atoms with Crippen molar-refractivity contribution in [2.45, 2.75) is 25.9 Å². The van der Waals surface area contributed by atoms with Gasteiger partial charge in [0.05, 0.1) is 0 Å². The summed E-state index contributed by atoms with van der Waals surface area (Å²) in [6, 6.07) is 0. The predicted molar refractivity (Wildman–Crippen MR) is 46.0 cm³/mol. The highest BCUT2D eigenvalue weighted by Gasteiger charge is 2.27. The molecular formula is C8H14ClF3O. The van der Waals surface area contributed by atoms with Crippen LogP contribution in [0.2, 0.25) is 0 Å². The highest BCUT2D eigenvalue weighted by molar-refractivity contribution is 6.17. The summed E-state index contributed by atoms with van der Waals surface area (Å²) in [6.45, 7) is 0.942. The largest absolute Gasteiger partial charge is 0.411 e. The van der Waals surface area contributed by atoms with Crippen molar-refractivity contribution < 1.29 is 17.9 Å². The first kappa shape index (κ1) is 13.0. The predicted octanol–water partition coefficient (Wildman–Crippen LogP) is 3.22. The van der Waals surface area contributed by atoms with Crippen LogP contribution in [0.5, 0.6) is 0 Å². The molecule has 0 aromatic carbocycles. The van der Waals surface area contributed by atoms with Crippen LogP contribution >= 0.6 is 11.6 Å². The molecule has 13 heavy (non-hydrogen) atoms. The molecule has 1 nitrogen and oxygen atoms in total. The monoisotopic (exact) mass is 218 g/mol. The lowest BCUT2D eigenvalue weighted by molar-refractivity contribution is -0.174. The van der Waals surface area contributed by atoms with Crippen LogP contribution in [0.25, 0.3) is 0 Å². The molecule has 0 saturated carbocycles. The Labute approximate surface area is 81.2 Å². The molecule has 0 fully saturated rings. The summed E-state index contributed by atoms with van der Waals surface area (Å²) in [5.41, 5.74) is 0. The number of rotatable bonds is 6. The summed E-state index contributed by atoms with van der Waals surface area (Å²) >= 11 is 5.46. The Bertz CT molecular complexity index is 127. The third kappa shape index (κ3) is 9.96. The van der Waals surface area contributed by atoms with Crippen molar-refractivity contribution in [3.63, 3.8) is 0 Å². The van der Waals surface area contributed by atoms with E-state index in [0.717, 1.165) is 6.42 Å². The van der Waals surface area contributed by atoms with E-state index in [1.54, 1.807) is 0 Å². The number of halogens is 4. The van der Waals surface area contributed by atoms with E-state index in [0.29, 0.717) is 18.2 Å². The van der Waals surface area contributed by atoms with Crippen LogP contribution in [0.15, 0.2) is 0 Å². The molecule has 0 N–H and O–H groups in total. The van der Waals surface area contributed by atoms with Gasteiger partial charge in [-0.05, 0) is 18.8 Å². The fourth-order valence-corrected chi connectivity index (χ4v) is 1.18. The average Bonchev–Trinajstić information content (AvgIpc) is 1.97. The van der Waals surface area contributed by atoms with Crippen molar-refractivity contribution in [2.75, 3.05) is 19.1 Å². The van der Waals surface area contributed by atoms with Crippen LogP contribution in [0, 0.1) is 5.92 Å². The molecule has 0 aromatic rings.